The van der Waals surface area contributed by atoms with Crippen LogP contribution in [0.1, 0.15) is 23.6 Å². The minimum absolute atomic E-state index is 0.0723. The molecule has 28 heavy (non-hydrogen) atoms. The van der Waals surface area contributed by atoms with Gasteiger partial charge in [-0.3, -0.25) is 9.69 Å². The summed E-state index contributed by atoms with van der Waals surface area (Å²) >= 11 is 10.4. The van der Waals surface area contributed by atoms with E-state index < -0.39 is 0 Å². The molecule has 3 rings (SSSR count). The molecule has 1 fully saturated rings. The fraction of sp³-hybridized carbons (Fsp3) is 0.333. The van der Waals surface area contributed by atoms with E-state index >= 15 is 0 Å². The zero-order valence-electron chi connectivity index (χ0n) is 16.0. The molecule has 1 heterocycles. The molecule has 2 aromatic rings. The van der Waals surface area contributed by atoms with E-state index in [9.17, 15) is 4.79 Å². The second-order valence-corrected chi connectivity index (χ2v) is 9.22. The number of aryl methyl sites for hydroxylation is 1. The molecule has 0 N–H and O–H groups in total. The molecule has 1 aliphatic heterocycles. The van der Waals surface area contributed by atoms with Crippen molar-refractivity contribution in [1.29, 1.82) is 0 Å². The van der Waals surface area contributed by atoms with Gasteiger partial charge >= 0.3 is 0 Å². The number of rotatable bonds is 7. The van der Waals surface area contributed by atoms with Crippen molar-refractivity contribution in [3.8, 4) is 11.5 Å². The minimum atomic E-state index is -0.201. The number of halogens is 1. The summed E-state index contributed by atoms with van der Waals surface area (Å²) in [7, 11) is 1.62. The normalized spacial score (nSPS) is 16.6. The monoisotopic (exact) mass is 479 g/mol. The molecule has 0 radical (unpaired) electrons. The lowest BCUT2D eigenvalue weighted by Crippen LogP contribution is -2.31. The number of thioether (sulfide) groups is 1. The zero-order chi connectivity index (χ0) is 20.3. The van der Waals surface area contributed by atoms with Crippen LogP contribution < -0.4 is 9.47 Å². The molecule has 7 heteroatoms. The van der Waals surface area contributed by atoms with Gasteiger partial charge in [0, 0.05) is 11.0 Å². The summed E-state index contributed by atoms with van der Waals surface area (Å²) in [5, 5.41) is -0.201. The Morgan fingerprint density at radius 3 is 2.54 bits per heavy atom. The first-order chi connectivity index (χ1) is 13.4. The molecule has 4 nitrogen and oxygen atoms in total. The molecule has 0 bridgehead atoms. The minimum Gasteiger partial charge on any atom is -0.493 e. The number of ether oxygens (including phenoxy) is 2. The predicted octanol–water partition coefficient (Wildman–Crippen LogP) is 5.14. The maximum Gasteiger partial charge on any atom is 0.241 e. The third kappa shape index (κ3) is 4.70. The van der Waals surface area contributed by atoms with Gasteiger partial charge in [-0.1, -0.05) is 69.7 Å². The summed E-state index contributed by atoms with van der Waals surface area (Å²) in [6.45, 7) is 5.06. The van der Waals surface area contributed by atoms with Gasteiger partial charge in [0.05, 0.1) is 12.4 Å². The number of hydrogen-bond acceptors (Lipinski definition) is 5. The van der Waals surface area contributed by atoms with Gasteiger partial charge in [-0.05, 0) is 43.5 Å². The van der Waals surface area contributed by atoms with E-state index in [2.05, 4.69) is 47.1 Å². The van der Waals surface area contributed by atoms with Crippen molar-refractivity contribution in [2.24, 2.45) is 0 Å². The Hall–Kier alpha value is -1.57. The summed E-state index contributed by atoms with van der Waals surface area (Å²) in [5.74, 6) is 1.38. The van der Waals surface area contributed by atoms with E-state index in [0.717, 1.165) is 15.6 Å². The molecule has 1 saturated heterocycles. The molecular formula is C21H22BrNO3S2. The average Bonchev–Trinajstić information content (AvgIpc) is 2.95. The third-order valence-electron chi connectivity index (χ3n) is 4.57. The summed E-state index contributed by atoms with van der Waals surface area (Å²) in [4.78, 5) is 14.2. The van der Waals surface area contributed by atoms with Crippen LogP contribution in [0.5, 0.6) is 11.5 Å². The van der Waals surface area contributed by atoms with E-state index in [-0.39, 0.29) is 11.2 Å². The predicted molar refractivity (Wildman–Crippen MR) is 121 cm³/mol. The standard InChI is InChI=1S/C21H22BrNO3S2/c1-4-23-20(24)19(28-21(23)27)10-15-9-17(25-3)18(11-16(15)22)26-12-14-7-5-13(2)6-8-14/h5-9,11,19H,4,10,12H2,1-3H3/t19-/m1/s1. The topological polar surface area (TPSA) is 38.8 Å². The Morgan fingerprint density at radius 1 is 1.21 bits per heavy atom. The number of nitrogens with zero attached hydrogens (tertiary/aromatic N) is 1. The maximum absolute atomic E-state index is 12.5. The molecule has 0 aliphatic carbocycles. The van der Waals surface area contributed by atoms with Crippen molar-refractivity contribution in [1.82, 2.24) is 4.90 Å². The van der Waals surface area contributed by atoms with Crippen LogP contribution in [0.15, 0.2) is 40.9 Å². The van der Waals surface area contributed by atoms with Crippen molar-refractivity contribution >= 4 is 50.1 Å². The van der Waals surface area contributed by atoms with Crippen molar-refractivity contribution in [3.05, 3.63) is 57.6 Å². The Bertz CT molecular complexity index is 886. The van der Waals surface area contributed by atoms with Crippen LogP contribution in [-0.4, -0.2) is 34.0 Å². The fourth-order valence-electron chi connectivity index (χ4n) is 2.96. The van der Waals surface area contributed by atoms with Crippen LogP contribution in [0.3, 0.4) is 0 Å². The van der Waals surface area contributed by atoms with Gasteiger partial charge in [-0.25, -0.2) is 0 Å². The largest absolute Gasteiger partial charge is 0.493 e. The summed E-state index contributed by atoms with van der Waals surface area (Å²) < 4.78 is 13.0. The summed E-state index contributed by atoms with van der Waals surface area (Å²) in [5.41, 5.74) is 3.30. The van der Waals surface area contributed by atoms with Crippen LogP contribution in [0.4, 0.5) is 0 Å². The van der Waals surface area contributed by atoms with Gasteiger partial charge in [0.15, 0.2) is 11.5 Å². The first-order valence-corrected chi connectivity index (χ1v) is 11.1. The van der Waals surface area contributed by atoms with Crippen molar-refractivity contribution in [3.63, 3.8) is 0 Å². The molecule has 0 unspecified atom stereocenters. The van der Waals surface area contributed by atoms with Crippen LogP contribution in [0.2, 0.25) is 0 Å². The number of benzene rings is 2. The fourth-order valence-corrected chi connectivity index (χ4v) is 5.10. The quantitative estimate of drug-likeness (QED) is 0.514. The first-order valence-electron chi connectivity index (χ1n) is 8.99. The third-order valence-corrected chi connectivity index (χ3v) is 6.90. The Morgan fingerprint density at radius 2 is 1.93 bits per heavy atom. The van der Waals surface area contributed by atoms with E-state index in [1.807, 2.05) is 19.1 Å². The summed E-state index contributed by atoms with van der Waals surface area (Å²) in [6, 6.07) is 12.1. The van der Waals surface area contributed by atoms with Crippen LogP contribution >= 0.6 is 39.9 Å². The van der Waals surface area contributed by atoms with Gasteiger partial charge in [-0.2, -0.15) is 0 Å². The second kappa shape index (κ2) is 9.29. The summed E-state index contributed by atoms with van der Waals surface area (Å²) in [6.07, 6.45) is 0.579. The number of carbonyl (C=O) groups excluding carboxylic acids is 1. The molecular weight excluding hydrogens is 458 g/mol. The Kier molecular flexibility index (Phi) is 7.01. The molecule has 0 spiro atoms. The molecule has 0 saturated carbocycles. The highest BCUT2D eigenvalue weighted by atomic mass is 79.9. The first kappa shape index (κ1) is 21.1. The van der Waals surface area contributed by atoms with Crippen molar-refractivity contribution in [2.45, 2.75) is 32.1 Å². The lowest BCUT2D eigenvalue weighted by Gasteiger charge is -2.16. The van der Waals surface area contributed by atoms with Gasteiger partial charge in [-0.15, -0.1) is 0 Å². The lowest BCUT2D eigenvalue weighted by atomic mass is 10.1. The van der Waals surface area contributed by atoms with Gasteiger partial charge in [0.1, 0.15) is 10.9 Å². The van der Waals surface area contributed by atoms with Gasteiger partial charge in [0.2, 0.25) is 5.91 Å². The van der Waals surface area contributed by atoms with Gasteiger partial charge in [0.25, 0.3) is 0 Å². The average molecular weight is 480 g/mol. The van der Waals surface area contributed by atoms with Gasteiger partial charge < -0.3 is 9.47 Å². The van der Waals surface area contributed by atoms with Crippen LogP contribution in [0, 0.1) is 6.92 Å². The number of amides is 1. The molecule has 148 valence electrons. The van der Waals surface area contributed by atoms with Crippen molar-refractivity contribution in [2.75, 3.05) is 13.7 Å². The second-order valence-electron chi connectivity index (χ2n) is 6.53. The highest BCUT2D eigenvalue weighted by Crippen LogP contribution is 2.37. The Balaban J connectivity index is 1.75. The van der Waals surface area contributed by atoms with Crippen LogP contribution in [-0.2, 0) is 17.8 Å². The van der Waals surface area contributed by atoms with E-state index in [1.54, 1.807) is 12.0 Å². The maximum atomic E-state index is 12.5. The lowest BCUT2D eigenvalue weighted by molar-refractivity contribution is -0.125. The molecule has 0 aromatic heterocycles. The SMILES string of the molecule is CCN1C(=O)[C@@H](Cc2cc(OC)c(OCc3ccc(C)cc3)cc2Br)SC1=S. The highest BCUT2D eigenvalue weighted by molar-refractivity contribution is 9.10. The van der Waals surface area contributed by atoms with E-state index in [4.69, 9.17) is 21.7 Å². The number of hydrogen-bond donors (Lipinski definition) is 0. The molecule has 1 aliphatic rings. The molecule has 2 aromatic carbocycles. The molecule has 1 atom stereocenters. The highest BCUT2D eigenvalue weighted by Gasteiger charge is 2.36. The smallest absolute Gasteiger partial charge is 0.241 e. The van der Waals surface area contributed by atoms with Crippen molar-refractivity contribution < 1.29 is 14.3 Å². The number of thiocarbonyl (C=S) groups is 1. The van der Waals surface area contributed by atoms with E-state index in [0.29, 0.717) is 35.4 Å². The zero-order valence-corrected chi connectivity index (χ0v) is 19.2. The Labute approximate surface area is 183 Å². The number of carbonyl (C=O) groups is 1. The molecule has 1 amide bonds. The number of methoxy groups -OCH3 is 1. The van der Waals surface area contributed by atoms with Crippen LogP contribution in [0.25, 0.3) is 0 Å². The van der Waals surface area contributed by atoms with E-state index in [1.165, 1.54) is 17.3 Å².